The van der Waals surface area contributed by atoms with E-state index in [4.69, 9.17) is 0 Å². The van der Waals surface area contributed by atoms with Crippen molar-refractivity contribution in [1.82, 2.24) is 4.31 Å². The minimum Gasteiger partial charge on any atom is -0.274 e. The number of hydrogen-bond acceptors (Lipinski definition) is 3. The summed E-state index contributed by atoms with van der Waals surface area (Å²) in [6, 6.07) is 13.6. The molecule has 0 spiro atoms. The molecule has 1 saturated heterocycles. The summed E-state index contributed by atoms with van der Waals surface area (Å²) in [5, 5.41) is 0. The first-order chi connectivity index (χ1) is 10.9. The van der Waals surface area contributed by atoms with Gasteiger partial charge in [-0.05, 0) is 43.2 Å². The number of hydrogen-bond donors (Lipinski definition) is 0. The lowest BCUT2D eigenvalue weighted by molar-refractivity contribution is -0.124. The summed E-state index contributed by atoms with van der Waals surface area (Å²) in [4.78, 5) is 12.4. The quantitative estimate of drug-likeness (QED) is 0.796. The van der Waals surface area contributed by atoms with E-state index in [1.54, 1.807) is 24.3 Å². The number of carbonyl (C=O) groups excluding carboxylic acids is 1. The molecule has 1 unspecified atom stereocenters. The van der Waals surface area contributed by atoms with Crippen LogP contribution in [0.2, 0.25) is 0 Å². The summed E-state index contributed by atoms with van der Waals surface area (Å²) in [5.74, 6) is -0.349. The summed E-state index contributed by atoms with van der Waals surface area (Å²) in [6.07, 6.45) is 0.747. The molecule has 0 aliphatic carbocycles. The zero-order valence-corrected chi connectivity index (χ0v) is 15.0. The number of carbonyl (C=O) groups is 1. The molecule has 0 radical (unpaired) electrons. The van der Waals surface area contributed by atoms with E-state index in [1.807, 2.05) is 31.2 Å². The first kappa shape index (κ1) is 16.2. The summed E-state index contributed by atoms with van der Waals surface area (Å²) < 4.78 is 27.8. The Hall–Kier alpha value is -1.66. The molecule has 1 aliphatic rings. The molecule has 4 nitrogen and oxygen atoms in total. The Bertz CT molecular complexity index is 829. The molecule has 0 saturated carbocycles. The fourth-order valence-corrected chi connectivity index (χ4v) is 4.67. The van der Waals surface area contributed by atoms with Crippen molar-refractivity contribution in [2.75, 3.05) is 0 Å². The van der Waals surface area contributed by atoms with Crippen molar-refractivity contribution in [2.24, 2.45) is 0 Å². The van der Waals surface area contributed by atoms with Crippen LogP contribution in [0.15, 0.2) is 57.9 Å². The summed E-state index contributed by atoms with van der Waals surface area (Å²) in [7, 11) is -3.84. The van der Waals surface area contributed by atoms with Crippen LogP contribution >= 0.6 is 15.9 Å². The van der Waals surface area contributed by atoms with E-state index < -0.39 is 16.1 Å². The average molecular weight is 394 g/mol. The molecule has 23 heavy (non-hydrogen) atoms. The Morgan fingerprint density at radius 1 is 1.04 bits per heavy atom. The molecule has 1 aliphatic heterocycles. The van der Waals surface area contributed by atoms with E-state index in [1.165, 1.54) is 0 Å². The molecule has 1 amide bonds. The fraction of sp³-hybridized carbons (Fsp3) is 0.235. The molecule has 1 heterocycles. The summed E-state index contributed by atoms with van der Waals surface area (Å²) >= 11 is 3.37. The lowest BCUT2D eigenvalue weighted by Crippen LogP contribution is -2.34. The van der Waals surface area contributed by atoms with Gasteiger partial charge in [0.05, 0.1) is 10.9 Å². The number of benzene rings is 2. The Balaban J connectivity index is 2.02. The van der Waals surface area contributed by atoms with Crippen molar-refractivity contribution < 1.29 is 13.2 Å². The van der Waals surface area contributed by atoms with Gasteiger partial charge in [0.1, 0.15) is 0 Å². The maximum Gasteiger partial charge on any atom is 0.267 e. The van der Waals surface area contributed by atoms with Crippen LogP contribution in [0.3, 0.4) is 0 Å². The van der Waals surface area contributed by atoms with Gasteiger partial charge < -0.3 is 0 Å². The van der Waals surface area contributed by atoms with Gasteiger partial charge >= 0.3 is 0 Å². The second kappa shape index (κ2) is 6.09. The van der Waals surface area contributed by atoms with Crippen LogP contribution in [0.25, 0.3) is 0 Å². The Morgan fingerprint density at radius 3 is 2.26 bits per heavy atom. The highest BCUT2D eigenvalue weighted by molar-refractivity contribution is 9.10. The second-order valence-corrected chi connectivity index (χ2v) is 8.34. The molecular formula is C17H16BrNO3S. The zero-order chi connectivity index (χ0) is 16.6. The SMILES string of the molecule is Cc1ccc(S(=O)(=O)N2C(=O)CCC2c2ccc(Br)cc2)cc1. The van der Waals surface area contributed by atoms with Crippen molar-refractivity contribution in [3.63, 3.8) is 0 Å². The number of halogens is 1. The smallest absolute Gasteiger partial charge is 0.267 e. The monoisotopic (exact) mass is 393 g/mol. The molecule has 2 aromatic rings. The normalized spacial score (nSPS) is 18.4. The highest BCUT2D eigenvalue weighted by Crippen LogP contribution is 2.37. The number of sulfonamides is 1. The summed E-state index contributed by atoms with van der Waals surface area (Å²) in [6.45, 7) is 1.89. The second-order valence-electron chi connectivity index (χ2n) is 5.61. The van der Waals surface area contributed by atoms with Crippen molar-refractivity contribution in [2.45, 2.75) is 30.7 Å². The molecule has 1 atom stereocenters. The average Bonchev–Trinajstić information content (AvgIpc) is 2.91. The van der Waals surface area contributed by atoms with E-state index >= 15 is 0 Å². The van der Waals surface area contributed by atoms with Gasteiger partial charge in [-0.2, -0.15) is 0 Å². The molecule has 1 fully saturated rings. The molecular weight excluding hydrogens is 378 g/mol. The van der Waals surface area contributed by atoms with E-state index in [2.05, 4.69) is 15.9 Å². The van der Waals surface area contributed by atoms with Crippen molar-refractivity contribution in [1.29, 1.82) is 0 Å². The lowest BCUT2D eigenvalue weighted by atomic mass is 10.1. The van der Waals surface area contributed by atoms with Crippen LogP contribution in [0.1, 0.15) is 30.0 Å². The first-order valence-corrected chi connectivity index (χ1v) is 9.52. The van der Waals surface area contributed by atoms with Crippen LogP contribution in [-0.2, 0) is 14.8 Å². The third kappa shape index (κ3) is 3.05. The van der Waals surface area contributed by atoms with Gasteiger partial charge in [-0.15, -0.1) is 0 Å². The van der Waals surface area contributed by atoms with Crippen LogP contribution in [0.4, 0.5) is 0 Å². The van der Waals surface area contributed by atoms with E-state index in [9.17, 15) is 13.2 Å². The Morgan fingerprint density at radius 2 is 1.65 bits per heavy atom. The predicted octanol–water partition coefficient (Wildman–Crippen LogP) is 3.81. The van der Waals surface area contributed by atoms with Gasteiger partial charge in [-0.25, -0.2) is 12.7 Å². The van der Waals surface area contributed by atoms with E-state index in [-0.39, 0.29) is 17.2 Å². The number of rotatable bonds is 3. The minimum atomic E-state index is -3.84. The lowest BCUT2D eigenvalue weighted by Gasteiger charge is -2.25. The molecule has 3 rings (SSSR count). The fourth-order valence-electron chi connectivity index (χ4n) is 2.77. The highest BCUT2D eigenvalue weighted by atomic mass is 79.9. The maximum absolute atomic E-state index is 12.9. The maximum atomic E-state index is 12.9. The molecule has 0 bridgehead atoms. The zero-order valence-electron chi connectivity index (χ0n) is 12.6. The topological polar surface area (TPSA) is 54.5 Å². The van der Waals surface area contributed by atoms with Gasteiger partial charge in [0.2, 0.25) is 5.91 Å². The molecule has 6 heteroatoms. The van der Waals surface area contributed by atoms with Gasteiger partial charge in [0.25, 0.3) is 10.0 Å². The minimum absolute atomic E-state index is 0.153. The largest absolute Gasteiger partial charge is 0.274 e. The van der Waals surface area contributed by atoms with Crippen LogP contribution < -0.4 is 0 Å². The predicted molar refractivity (Wildman–Crippen MR) is 91.3 cm³/mol. The van der Waals surface area contributed by atoms with Gasteiger partial charge in [-0.1, -0.05) is 45.8 Å². The van der Waals surface area contributed by atoms with Crippen molar-refractivity contribution >= 4 is 31.9 Å². The summed E-state index contributed by atoms with van der Waals surface area (Å²) in [5.41, 5.74) is 1.80. The molecule has 2 aromatic carbocycles. The third-order valence-electron chi connectivity index (χ3n) is 3.99. The van der Waals surface area contributed by atoms with Gasteiger partial charge in [0, 0.05) is 10.9 Å². The first-order valence-electron chi connectivity index (χ1n) is 7.29. The number of aryl methyl sites for hydroxylation is 1. The van der Waals surface area contributed by atoms with Gasteiger partial charge in [-0.3, -0.25) is 4.79 Å². The molecule has 0 aromatic heterocycles. The Kier molecular flexibility index (Phi) is 4.29. The number of nitrogens with zero attached hydrogens (tertiary/aromatic N) is 1. The van der Waals surface area contributed by atoms with Crippen LogP contribution in [0.5, 0.6) is 0 Å². The van der Waals surface area contributed by atoms with E-state index in [0.717, 1.165) is 19.9 Å². The van der Waals surface area contributed by atoms with Crippen LogP contribution in [0, 0.1) is 6.92 Å². The highest BCUT2D eigenvalue weighted by Gasteiger charge is 2.41. The Labute approximate surface area is 144 Å². The standard InChI is InChI=1S/C17H16BrNO3S/c1-12-2-8-15(9-3-12)23(21,22)19-16(10-11-17(19)20)13-4-6-14(18)7-5-13/h2-9,16H,10-11H2,1H3. The van der Waals surface area contributed by atoms with Crippen LogP contribution in [-0.4, -0.2) is 18.6 Å². The number of amides is 1. The van der Waals surface area contributed by atoms with Crippen molar-refractivity contribution in [3.05, 3.63) is 64.1 Å². The third-order valence-corrected chi connectivity index (χ3v) is 6.37. The van der Waals surface area contributed by atoms with Gasteiger partial charge in [0.15, 0.2) is 0 Å². The van der Waals surface area contributed by atoms with E-state index in [0.29, 0.717) is 6.42 Å². The molecule has 0 N–H and O–H groups in total. The molecule has 120 valence electrons. The van der Waals surface area contributed by atoms with Crippen molar-refractivity contribution in [3.8, 4) is 0 Å².